The highest BCUT2D eigenvalue weighted by Crippen LogP contribution is 2.23. The predicted molar refractivity (Wildman–Crippen MR) is 68.8 cm³/mol. The summed E-state index contributed by atoms with van der Waals surface area (Å²) in [4.78, 5) is 1.99. The van der Waals surface area contributed by atoms with Gasteiger partial charge in [-0.3, -0.25) is 0 Å². The molecule has 0 atom stereocenters. The second-order valence-electron chi connectivity index (χ2n) is 4.01. The van der Waals surface area contributed by atoms with E-state index in [9.17, 15) is 0 Å². The molecule has 0 unspecified atom stereocenters. The molecule has 0 saturated carbocycles. The van der Waals surface area contributed by atoms with Crippen LogP contribution in [0.2, 0.25) is 0 Å². The van der Waals surface area contributed by atoms with Gasteiger partial charge in [0.2, 0.25) is 5.88 Å². The smallest absolute Gasteiger partial charge is 0.238 e. The summed E-state index contributed by atoms with van der Waals surface area (Å²) in [6, 6.07) is 11.0. The third-order valence-corrected chi connectivity index (χ3v) is 2.41. The molecule has 5 heteroatoms. The van der Waals surface area contributed by atoms with Crippen LogP contribution < -0.4 is 9.64 Å². The summed E-state index contributed by atoms with van der Waals surface area (Å²) in [7, 11) is 3.93. The van der Waals surface area contributed by atoms with Crippen LogP contribution in [0.25, 0.3) is 0 Å². The zero-order chi connectivity index (χ0) is 13.0. The Kier molecular flexibility index (Phi) is 3.74. The summed E-state index contributed by atoms with van der Waals surface area (Å²) in [5.41, 5.74) is 1.57. The number of anilines is 1. The van der Waals surface area contributed by atoms with E-state index in [0.29, 0.717) is 17.3 Å². The second-order valence-corrected chi connectivity index (χ2v) is 4.01. The first-order valence-electron chi connectivity index (χ1n) is 5.58. The Bertz CT molecular complexity index is 512. The quantitative estimate of drug-likeness (QED) is 0.890. The molecule has 94 valence electrons. The van der Waals surface area contributed by atoms with Crippen molar-refractivity contribution < 1.29 is 9.84 Å². The number of aromatic nitrogens is 2. The first kappa shape index (κ1) is 12.3. The van der Waals surface area contributed by atoms with Crippen molar-refractivity contribution in [1.82, 2.24) is 10.2 Å². The van der Waals surface area contributed by atoms with E-state index in [2.05, 4.69) is 10.2 Å². The minimum Gasteiger partial charge on any atom is -0.437 e. The van der Waals surface area contributed by atoms with E-state index < -0.39 is 0 Å². The van der Waals surface area contributed by atoms with Crippen molar-refractivity contribution in [2.45, 2.75) is 6.61 Å². The topological polar surface area (TPSA) is 58.5 Å². The first-order valence-corrected chi connectivity index (χ1v) is 5.58. The van der Waals surface area contributed by atoms with Crippen molar-refractivity contribution >= 4 is 5.69 Å². The molecule has 0 saturated heterocycles. The fourth-order valence-corrected chi connectivity index (χ4v) is 1.43. The van der Waals surface area contributed by atoms with E-state index in [1.54, 1.807) is 12.1 Å². The Balaban J connectivity index is 2.15. The largest absolute Gasteiger partial charge is 0.437 e. The summed E-state index contributed by atoms with van der Waals surface area (Å²) < 4.78 is 5.59. The lowest BCUT2D eigenvalue weighted by Crippen LogP contribution is -2.08. The summed E-state index contributed by atoms with van der Waals surface area (Å²) in [5, 5.41) is 16.6. The molecule has 2 aromatic rings. The Morgan fingerprint density at radius 3 is 2.61 bits per heavy atom. The number of ether oxygens (including phenoxy) is 1. The minimum absolute atomic E-state index is 0.122. The van der Waals surface area contributed by atoms with Crippen LogP contribution in [0.3, 0.4) is 0 Å². The van der Waals surface area contributed by atoms with Gasteiger partial charge in [0.05, 0.1) is 12.3 Å². The van der Waals surface area contributed by atoms with E-state index in [0.717, 1.165) is 5.69 Å². The molecular weight excluding hydrogens is 230 g/mol. The summed E-state index contributed by atoms with van der Waals surface area (Å²) >= 11 is 0. The van der Waals surface area contributed by atoms with Crippen LogP contribution >= 0.6 is 0 Å². The fourth-order valence-electron chi connectivity index (χ4n) is 1.43. The Labute approximate surface area is 106 Å². The molecule has 0 spiro atoms. The molecule has 0 amide bonds. The SMILES string of the molecule is CN(C)c1cccc(Oc2ccc(CO)nn2)c1. The Hall–Kier alpha value is -2.14. The highest BCUT2D eigenvalue weighted by molar-refractivity contribution is 5.49. The lowest BCUT2D eigenvalue weighted by molar-refractivity contribution is 0.274. The van der Waals surface area contributed by atoms with Crippen molar-refractivity contribution in [2.24, 2.45) is 0 Å². The van der Waals surface area contributed by atoms with Gasteiger partial charge in [-0.05, 0) is 18.2 Å². The first-order chi connectivity index (χ1) is 8.69. The van der Waals surface area contributed by atoms with E-state index in [1.165, 1.54) is 0 Å². The number of rotatable bonds is 4. The highest BCUT2D eigenvalue weighted by Gasteiger charge is 2.02. The number of aliphatic hydroxyl groups is 1. The van der Waals surface area contributed by atoms with Gasteiger partial charge in [0.25, 0.3) is 0 Å². The molecule has 5 nitrogen and oxygen atoms in total. The van der Waals surface area contributed by atoms with Crippen LogP contribution in [0.15, 0.2) is 36.4 Å². The number of benzene rings is 1. The van der Waals surface area contributed by atoms with E-state index in [-0.39, 0.29) is 6.61 Å². The molecule has 1 N–H and O–H groups in total. The van der Waals surface area contributed by atoms with Gasteiger partial charge in [0, 0.05) is 31.9 Å². The standard InChI is InChI=1S/C13H15N3O2/c1-16(2)11-4-3-5-12(8-11)18-13-7-6-10(9-17)14-15-13/h3-8,17H,9H2,1-2H3. The van der Waals surface area contributed by atoms with Gasteiger partial charge in [-0.1, -0.05) is 6.07 Å². The average Bonchev–Trinajstić information content (AvgIpc) is 2.40. The van der Waals surface area contributed by atoms with Crippen LogP contribution in [0.1, 0.15) is 5.69 Å². The van der Waals surface area contributed by atoms with Crippen molar-refractivity contribution in [3.63, 3.8) is 0 Å². The number of aliphatic hydroxyl groups excluding tert-OH is 1. The molecule has 1 aromatic carbocycles. The zero-order valence-electron chi connectivity index (χ0n) is 10.4. The molecule has 0 aliphatic rings. The van der Waals surface area contributed by atoms with Crippen LogP contribution in [-0.4, -0.2) is 29.4 Å². The molecule has 0 radical (unpaired) electrons. The maximum atomic E-state index is 8.87. The molecule has 18 heavy (non-hydrogen) atoms. The monoisotopic (exact) mass is 245 g/mol. The minimum atomic E-state index is -0.122. The molecule has 1 heterocycles. The fraction of sp³-hybridized carbons (Fsp3) is 0.231. The molecule has 0 aliphatic heterocycles. The van der Waals surface area contributed by atoms with Crippen molar-refractivity contribution in [3.8, 4) is 11.6 Å². The maximum Gasteiger partial charge on any atom is 0.238 e. The molecule has 0 fully saturated rings. The summed E-state index contributed by atoms with van der Waals surface area (Å²) in [6.07, 6.45) is 0. The number of hydrogen-bond donors (Lipinski definition) is 1. The third-order valence-electron chi connectivity index (χ3n) is 2.41. The van der Waals surface area contributed by atoms with Crippen molar-refractivity contribution in [2.75, 3.05) is 19.0 Å². The van der Waals surface area contributed by atoms with Crippen molar-refractivity contribution in [3.05, 3.63) is 42.1 Å². The summed E-state index contributed by atoms with van der Waals surface area (Å²) in [5.74, 6) is 1.11. The highest BCUT2D eigenvalue weighted by atomic mass is 16.5. The van der Waals surface area contributed by atoms with Crippen LogP contribution in [0.5, 0.6) is 11.6 Å². The molecule has 0 aliphatic carbocycles. The third kappa shape index (κ3) is 2.95. The van der Waals surface area contributed by atoms with Gasteiger partial charge in [0.1, 0.15) is 5.75 Å². The van der Waals surface area contributed by atoms with Gasteiger partial charge >= 0.3 is 0 Å². The van der Waals surface area contributed by atoms with Crippen LogP contribution in [0.4, 0.5) is 5.69 Å². The lowest BCUT2D eigenvalue weighted by Gasteiger charge is -2.13. The lowest BCUT2D eigenvalue weighted by atomic mass is 10.3. The Morgan fingerprint density at radius 1 is 1.17 bits per heavy atom. The predicted octanol–water partition coefficient (Wildman–Crippen LogP) is 1.83. The molecule has 2 rings (SSSR count). The van der Waals surface area contributed by atoms with Crippen LogP contribution in [-0.2, 0) is 6.61 Å². The van der Waals surface area contributed by atoms with Crippen molar-refractivity contribution in [1.29, 1.82) is 0 Å². The zero-order valence-corrected chi connectivity index (χ0v) is 10.4. The van der Waals surface area contributed by atoms with E-state index in [4.69, 9.17) is 9.84 Å². The van der Waals surface area contributed by atoms with E-state index >= 15 is 0 Å². The maximum absolute atomic E-state index is 8.87. The van der Waals surface area contributed by atoms with Gasteiger partial charge in [0.15, 0.2) is 0 Å². The molecular formula is C13H15N3O2. The second kappa shape index (κ2) is 5.46. The average molecular weight is 245 g/mol. The van der Waals surface area contributed by atoms with Crippen LogP contribution in [0, 0.1) is 0 Å². The van der Waals surface area contributed by atoms with Gasteiger partial charge in [-0.2, -0.15) is 0 Å². The van der Waals surface area contributed by atoms with E-state index in [1.807, 2.05) is 43.3 Å². The normalized spacial score (nSPS) is 10.2. The molecule has 0 bridgehead atoms. The van der Waals surface area contributed by atoms with Gasteiger partial charge in [-0.25, -0.2) is 0 Å². The number of nitrogens with zero attached hydrogens (tertiary/aromatic N) is 3. The molecule has 1 aromatic heterocycles. The van der Waals surface area contributed by atoms with Gasteiger partial charge < -0.3 is 14.7 Å². The number of hydrogen-bond acceptors (Lipinski definition) is 5. The summed E-state index contributed by atoms with van der Waals surface area (Å²) in [6.45, 7) is -0.122. The van der Waals surface area contributed by atoms with Gasteiger partial charge in [-0.15, -0.1) is 10.2 Å². The Morgan fingerprint density at radius 2 is 2.00 bits per heavy atom.